The number of ether oxygens (including phenoxy) is 1. The molecule has 126 valence electrons. The van der Waals surface area contributed by atoms with Crippen LogP contribution in [0.3, 0.4) is 0 Å². The van der Waals surface area contributed by atoms with Crippen molar-refractivity contribution in [1.29, 1.82) is 0 Å². The summed E-state index contributed by atoms with van der Waals surface area (Å²) in [6, 6.07) is 15.2. The van der Waals surface area contributed by atoms with E-state index < -0.39 is 6.10 Å². The molecule has 1 unspecified atom stereocenters. The average Bonchev–Trinajstić information content (AvgIpc) is 2.60. The van der Waals surface area contributed by atoms with Crippen LogP contribution >= 0.6 is 0 Å². The van der Waals surface area contributed by atoms with Crippen molar-refractivity contribution in [2.45, 2.75) is 19.1 Å². The van der Waals surface area contributed by atoms with E-state index in [1.54, 1.807) is 4.90 Å². The first-order valence-electron chi connectivity index (χ1n) is 8.13. The number of carbonyl (C=O) groups excluding carboxylic acids is 1. The maximum Gasteiger partial charge on any atom is 0.227 e. The number of hydrogen-bond donors (Lipinski definition) is 2. The van der Waals surface area contributed by atoms with Crippen molar-refractivity contribution in [3.8, 4) is 5.75 Å². The molecule has 0 bridgehead atoms. The lowest BCUT2D eigenvalue weighted by Gasteiger charge is -2.32. The van der Waals surface area contributed by atoms with Crippen molar-refractivity contribution in [1.82, 2.24) is 4.90 Å². The summed E-state index contributed by atoms with van der Waals surface area (Å²) in [5, 5.41) is 10.3. The summed E-state index contributed by atoms with van der Waals surface area (Å²) >= 11 is 0. The fourth-order valence-corrected chi connectivity index (χ4v) is 2.98. The van der Waals surface area contributed by atoms with Crippen LogP contribution in [0.4, 0.5) is 0 Å². The number of amides is 1. The topological polar surface area (TPSA) is 75.8 Å². The molecule has 1 amide bonds. The van der Waals surface area contributed by atoms with Crippen molar-refractivity contribution in [3.05, 3.63) is 65.2 Å². The maximum absolute atomic E-state index is 12.6. The third-order valence-electron chi connectivity index (χ3n) is 4.16. The normalized spacial score (nSPS) is 16.6. The van der Waals surface area contributed by atoms with Crippen LogP contribution in [0.25, 0.3) is 0 Å². The van der Waals surface area contributed by atoms with Crippen LogP contribution in [-0.4, -0.2) is 35.6 Å². The minimum atomic E-state index is -0.627. The molecule has 0 fully saturated rings. The second kappa shape index (κ2) is 7.47. The van der Waals surface area contributed by atoms with Gasteiger partial charge in [-0.1, -0.05) is 36.4 Å². The molecule has 2 aromatic rings. The highest BCUT2D eigenvalue weighted by molar-refractivity contribution is 5.79. The fourth-order valence-electron chi connectivity index (χ4n) is 2.98. The SMILES string of the molecule is NCCOc1cccc(CC(=O)N2Cc3ccccc3C(O)C2)c1. The van der Waals surface area contributed by atoms with E-state index in [1.807, 2.05) is 48.5 Å². The monoisotopic (exact) mass is 326 g/mol. The van der Waals surface area contributed by atoms with Crippen LogP contribution in [0.1, 0.15) is 22.8 Å². The second-order valence-corrected chi connectivity index (χ2v) is 5.95. The van der Waals surface area contributed by atoms with Gasteiger partial charge < -0.3 is 20.5 Å². The van der Waals surface area contributed by atoms with E-state index in [1.165, 1.54) is 0 Å². The summed E-state index contributed by atoms with van der Waals surface area (Å²) in [5.74, 6) is 0.717. The van der Waals surface area contributed by atoms with Gasteiger partial charge in [0.1, 0.15) is 12.4 Å². The Morgan fingerprint density at radius 3 is 2.92 bits per heavy atom. The first kappa shape index (κ1) is 16.5. The molecular weight excluding hydrogens is 304 g/mol. The highest BCUT2D eigenvalue weighted by Gasteiger charge is 2.26. The van der Waals surface area contributed by atoms with Crippen molar-refractivity contribution in [2.75, 3.05) is 19.7 Å². The summed E-state index contributed by atoms with van der Waals surface area (Å²) < 4.78 is 5.50. The van der Waals surface area contributed by atoms with E-state index in [2.05, 4.69) is 0 Å². The highest BCUT2D eigenvalue weighted by atomic mass is 16.5. The Bertz CT molecular complexity index is 717. The maximum atomic E-state index is 12.6. The van der Waals surface area contributed by atoms with E-state index in [9.17, 15) is 9.90 Å². The largest absolute Gasteiger partial charge is 0.492 e. The van der Waals surface area contributed by atoms with Gasteiger partial charge in [0.05, 0.1) is 19.1 Å². The van der Waals surface area contributed by atoms with Gasteiger partial charge in [-0.15, -0.1) is 0 Å². The number of β-amino-alcohol motifs (C(OH)–C–C–N with tert-alkyl or cyclic N) is 1. The number of carbonyl (C=O) groups is 1. The molecule has 5 heteroatoms. The van der Waals surface area contributed by atoms with Crippen LogP contribution in [-0.2, 0) is 17.8 Å². The number of fused-ring (bicyclic) bond motifs is 1. The molecule has 0 aromatic heterocycles. The highest BCUT2D eigenvalue weighted by Crippen LogP contribution is 2.26. The number of benzene rings is 2. The Morgan fingerprint density at radius 1 is 1.25 bits per heavy atom. The Balaban J connectivity index is 1.68. The summed E-state index contributed by atoms with van der Waals surface area (Å²) in [4.78, 5) is 14.3. The minimum absolute atomic E-state index is 0.000437. The third-order valence-corrected chi connectivity index (χ3v) is 4.16. The molecule has 24 heavy (non-hydrogen) atoms. The number of aliphatic hydroxyl groups is 1. The predicted octanol–water partition coefficient (Wildman–Crippen LogP) is 1.64. The van der Waals surface area contributed by atoms with Crippen LogP contribution < -0.4 is 10.5 Å². The van der Waals surface area contributed by atoms with E-state index in [0.29, 0.717) is 26.2 Å². The summed E-state index contributed by atoms with van der Waals surface area (Å²) in [5.41, 5.74) is 8.25. The quantitative estimate of drug-likeness (QED) is 0.876. The zero-order valence-electron chi connectivity index (χ0n) is 13.5. The number of hydrogen-bond acceptors (Lipinski definition) is 4. The molecule has 5 nitrogen and oxygen atoms in total. The molecule has 3 rings (SSSR count). The first-order chi connectivity index (χ1) is 11.7. The van der Waals surface area contributed by atoms with E-state index in [4.69, 9.17) is 10.5 Å². The molecule has 0 aliphatic carbocycles. The Morgan fingerprint density at radius 2 is 2.08 bits per heavy atom. The van der Waals surface area contributed by atoms with Gasteiger partial charge in [-0.3, -0.25) is 4.79 Å². The first-order valence-corrected chi connectivity index (χ1v) is 8.13. The van der Waals surface area contributed by atoms with Gasteiger partial charge in [0, 0.05) is 13.1 Å². The van der Waals surface area contributed by atoms with Gasteiger partial charge in [0.25, 0.3) is 0 Å². The standard InChI is InChI=1S/C19H22N2O3/c20-8-9-24-16-6-3-4-14(10-16)11-19(23)21-12-15-5-1-2-7-17(15)18(22)13-21/h1-7,10,18,22H,8-9,11-13,20H2. The zero-order chi connectivity index (χ0) is 16.9. The number of rotatable bonds is 5. The van der Waals surface area contributed by atoms with Crippen molar-refractivity contribution < 1.29 is 14.6 Å². The zero-order valence-corrected chi connectivity index (χ0v) is 13.5. The molecule has 3 N–H and O–H groups in total. The molecule has 0 spiro atoms. The number of nitrogens with zero attached hydrogens (tertiary/aromatic N) is 1. The van der Waals surface area contributed by atoms with Crippen LogP contribution in [0.2, 0.25) is 0 Å². The van der Waals surface area contributed by atoms with E-state index in [0.717, 1.165) is 22.4 Å². The fraction of sp³-hybridized carbons (Fsp3) is 0.316. The van der Waals surface area contributed by atoms with Crippen molar-refractivity contribution >= 4 is 5.91 Å². The summed E-state index contributed by atoms with van der Waals surface area (Å²) in [6.45, 7) is 1.77. The Labute approximate surface area is 141 Å². The van der Waals surface area contributed by atoms with E-state index in [-0.39, 0.29) is 12.3 Å². The molecule has 0 radical (unpaired) electrons. The minimum Gasteiger partial charge on any atom is -0.492 e. The van der Waals surface area contributed by atoms with Gasteiger partial charge in [0.2, 0.25) is 5.91 Å². The van der Waals surface area contributed by atoms with Gasteiger partial charge in [0.15, 0.2) is 0 Å². The average molecular weight is 326 g/mol. The van der Waals surface area contributed by atoms with Gasteiger partial charge in [-0.05, 0) is 28.8 Å². The van der Waals surface area contributed by atoms with Crippen LogP contribution in [0.15, 0.2) is 48.5 Å². The van der Waals surface area contributed by atoms with Crippen molar-refractivity contribution in [3.63, 3.8) is 0 Å². The molecule has 1 aliphatic rings. The molecular formula is C19H22N2O3. The Kier molecular flexibility index (Phi) is 5.13. The number of nitrogens with two attached hydrogens (primary N) is 1. The van der Waals surface area contributed by atoms with Gasteiger partial charge >= 0.3 is 0 Å². The molecule has 0 saturated carbocycles. The van der Waals surface area contributed by atoms with Crippen LogP contribution in [0, 0.1) is 0 Å². The molecule has 2 aromatic carbocycles. The lowest BCUT2D eigenvalue weighted by Crippen LogP contribution is -2.39. The lowest BCUT2D eigenvalue weighted by atomic mass is 9.97. The van der Waals surface area contributed by atoms with Crippen LogP contribution in [0.5, 0.6) is 5.75 Å². The molecule has 1 aliphatic heterocycles. The Hall–Kier alpha value is -2.37. The number of aliphatic hydroxyl groups excluding tert-OH is 1. The molecule has 1 heterocycles. The van der Waals surface area contributed by atoms with E-state index >= 15 is 0 Å². The smallest absolute Gasteiger partial charge is 0.227 e. The second-order valence-electron chi connectivity index (χ2n) is 5.95. The summed E-state index contributed by atoms with van der Waals surface area (Å²) in [7, 11) is 0. The molecule has 1 atom stereocenters. The van der Waals surface area contributed by atoms with Crippen molar-refractivity contribution in [2.24, 2.45) is 5.73 Å². The summed E-state index contributed by atoms with van der Waals surface area (Å²) in [6.07, 6.45) is -0.340. The predicted molar refractivity (Wildman–Crippen MR) is 91.5 cm³/mol. The van der Waals surface area contributed by atoms with Gasteiger partial charge in [-0.25, -0.2) is 0 Å². The molecule has 0 saturated heterocycles. The third kappa shape index (κ3) is 3.75. The lowest BCUT2D eigenvalue weighted by molar-refractivity contribution is -0.133. The van der Waals surface area contributed by atoms with Gasteiger partial charge in [-0.2, -0.15) is 0 Å².